The monoisotopic (exact) mass is 274 g/mol. The maximum absolute atomic E-state index is 6.01. The Labute approximate surface area is 119 Å². The summed E-state index contributed by atoms with van der Waals surface area (Å²) in [6.45, 7) is 7.06. The number of nitrogens with two attached hydrogens (primary N) is 1. The van der Waals surface area contributed by atoms with Gasteiger partial charge in [-0.25, -0.2) is 0 Å². The Kier molecular flexibility index (Phi) is 3.89. The van der Waals surface area contributed by atoms with Crippen LogP contribution < -0.4 is 10.6 Å². The normalized spacial score (nSPS) is 18.6. The van der Waals surface area contributed by atoms with Crippen LogP contribution in [0.25, 0.3) is 11.1 Å². The highest BCUT2D eigenvalue weighted by molar-refractivity contribution is 5.74. The molecular weight excluding hydrogens is 252 g/mol. The third-order valence-corrected chi connectivity index (χ3v) is 3.94. The van der Waals surface area contributed by atoms with Gasteiger partial charge in [-0.3, -0.25) is 4.90 Å². The van der Waals surface area contributed by atoms with Gasteiger partial charge >= 0.3 is 0 Å². The van der Waals surface area contributed by atoms with Crippen molar-refractivity contribution in [1.82, 2.24) is 9.88 Å². The third-order valence-electron chi connectivity index (χ3n) is 3.94. The molecule has 0 amide bonds. The second-order valence-electron chi connectivity index (χ2n) is 5.42. The minimum atomic E-state index is 0.283. The standard InChI is InChI=1S/C15H22N4O/c1-2-12(16)11-18-7-9-19(10-8-18)15-17-13-5-3-4-6-14(13)20-15/h3-6,12H,2,7-11,16H2,1H3. The van der Waals surface area contributed by atoms with Gasteiger partial charge in [0.05, 0.1) is 0 Å². The fraction of sp³-hybridized carbons (Fsp3) is 0.533. The lowest BCUT2D eigenvalue weighted by molar-refractivity contribution is 0.237. The molecule has 2 N–H and O–H groups in total. The average Bonchev–Trinajstić information content (AvgIpc) is 2.91. The van der Waals surface area contributed by atoms with Crippen LogP contribution in [0.15, 0.2) is 28.7 Å². The molecule has 0 aliphatic carbocycles. The SMILES string of the molecule is CCC(N)CN1CCN(c2nc3ccccc3o2)CC1. The van der Waals surface area contributed by atoms with Crippen LogP contribution in [0.4, 0.5) is 6.01 Å². The van der Waals surface area contributed by atoms with Gasteiger partial charge in [0.25, 0.3) is 6.01 Å². The van der Waals surface area contributed by atoms with Crippen molar-refractivity contribution in [1.29, 1.82) is 0 Å². The van der Waals surface area contributed by atoms with Crippen LogP contribution in [0, 0.1) is 0 Å². The van der Waals surface area contributed by atoms with Gasteiger partial charge in [0.15, 0.2) is 5.58 Å². The predicted molar refractivity (Wildman–Crippen MR) is 80.9 cm³/mol. The lowest BCUT2D eigenvalue weighted by Crippen LogP contribution is -2.49. The molecule has 0 radical (unpaired) electrons. The third kappa shape index (κ3) is 2.78. The summed E-state index contributed by atoms with van der Waals surface area (Å²) in [6, 6.07) is 8.93. The fourth-order valence-corrected chi connectivity index (χ4v) is 2.58. The predicted octanol–water partition coefficient (Wildman–Crippen LogP) is 1.69. The van der Waals surface area contributed by atoms with Gasteiger partial charge in [-0.15, -0.1) is 0 Å². The first-order chi connectivity index (χ1) is 9.76. The molecule has 2 aromatic rings. The molecule has 2 heterocycles. The van der Waals surface area contributed by atoms with Gasteiger partial charge in [-0.2, -0.15) is 4.98 Å². The maximum Gasteiger partial charge on any atom is 0.298 e. The van der Waals surface area contributed by atoms with Crippen LogP contribution in [0.2, 0.25) is 0 Å². The number of aromatic nitrogens is 1. The number of oxazole rings is 1. The highest BCUT2D eigenvalue weighted by atomic mass is 16.4. The van der Waals surface area contributed by atoms with E-state index < -0.39 is 0 Å². The molecule has 0 saturated carbocycles. The van der Waals surface area contributed by atoms with E-state index in [0.29, 0.717) is 0 Å². The van der Waals surface area contributed by atoms with E-state index in [1.54, 1.807) is 0 Å². The number of hydrogen-bond acceptors (Lipinski definition) is 5. The molecule has 3 rings (SSSR count). The summed E-state index contributed by atoms with van der Waals surface area (Å²) in [6.07, 6.45) is 1.03. The topological polar surface area (TPSA) is 58.5 Å². The maximum atomic E-state index is 6.01. The first kappa shape index (κ1) is 13.4. The Morgan fingerprint density at radius 2 is 2.00 bits per heavy atom. The van der Waals surface area contributed by atoms with Gasteiger partial charge < -0.3 is 15.1 Å². The Morgan fingerprint density at radius 1 is 1.25 bits per heavy atom. The molecule has 5 nitrogen and oxygen atoms in total. The van der Waals surface area contributed by atoms with Crippen molar-refractivity contribution < 1.29 is 4.42 Å². The molecule has 5 heteroatoms. The fourth-order valence-electron chi connectivity index (χ4n) is 2.58. The summed E-state index contributed by atoms with van der Waals surface area (Å²) < 4.78 is 5.82. The van der Waals surface area contributed by atoms with Gasteiger partial charge in [0.2, 0.25) is 0 Å². The Hall–Kier alpha value is -1.59. The number of fused-ring (bicyclic) bond motifs is 1. The Bertz CT molecular complexity index is 527. The second kappa shape index (κ2) is 5.81. The van der Waals surface area contributed by atoms with E-state index in [0.717, 1.165) is 56.3 Å². The minimum absolute atomic E-state index is 0.283. The summed E-state index contributed by atoms with van der Waals surface area (Å²) in [4.78, 5) is 9.19. The van der Waals surface area contributed by atoms with Crippen molar-refractivity contribution in [3.63, 3.8) is 0 Å². The number of piperazine rings is 1. The molecule has 1 atom stereocenters. The van der Waals surface area contributed by atoms with Crippen molar-refractivity contribution in [3.8, 4) is 0 Å². The quantitative estimate of drug-likeness (QED) is 0.919. The van der Waals surface area contributed by atoms with Crippen molar-refractivity contribution in [2.45, 2.75) is 19.4 Å². The summed E-state index contributed by atoms with van der Waals surface area (Å²) >= 11 is 0. The number of para-hydroxylation sites is 2. The van der Waals surface area contributed by atoms with Gasteiger partial charge in [0, 0.05) is 38.8 Å². The van der Waals surface area contributed by atoms with Crippen molar-refractivity contribution in [2.75, 3.05) is 37.6 Å². The van der Waals surface area contributed by atoms with Crippen molar-refractivity contribution in [3.05, 3.63) is 24.3 Å². The van der Waals surface area contributed by atoms with Gasteiger partial charge in [-0.1, -0.05) is 19.1 Å². The Morgan fingerprint density at radius 3 is 2.70 bits per heavy atom. The van der Waals surface area contributed by atoms with Gasteiger partial charge in [-0.05, 0) is 18.6 Å². The molecule has 0 bridgehead atoms. The van der Waals surface area contributed by atoms with E-state index in [2.05, 4.69) is 21.7 Å². The van der Waals surface area contributed by atoms with E-state index in [1.807, 2.05) is 24.3 Å². The zero-order chi connectivity index (χ0) is 13.9. The lowest BCUT2D eigenvalue weighted by Gasteiger charge is -2.34. The molecule has 1 unspecified atom stereocenters. The minimum Gasteiger partial charge on any atom is -0.423 e. The van der Waals surface area contributed by atoms with E-state index in [4.69, 9.17) is 10.2 Å². The average molecular weight is 274 g/mol. The van der Waals surface area contributed by atoms with Crippen molar-refractivity contribution >= 4 is 17.1 Å². The summed E-state index contributed by atoms with van der Waals surface area (Å²) in [5.41, 5.74) is 7.80. The van der Waals surface area contributed by atoms with Crippen molar-refractivity contribution in [2.24, 2.45) is 5.73 Å². The van der Waals surface area contributed by atoms with Crippen LogP contribution in [-0.2, 0) is 0 Å². The van der Waals surface area contributed by atoms with Crippen LogP contribution in [-0.4, -0.2) is 48.6 Å². The Balaban J connectivity index is 1.63. The smallest absolute Gasteiger partial charge is 0.298 e. The van der Waals surface area contributed by atoms with Gasteiger partial charge in [0.1, 0.15) is 5.52 Å². The van der Waals surface area contributed by atoms with E-state index >= 15 is 0 Å². The van der Waals surface area contributed by atoms with Crippen LogP contribution >= 0.6 is 0 Å². The van der Waals surface area contributed by atoms with Crippen LogP contribution in [0.3, 0.4) is 0 Å². The molecule has 20 heavy (non-hydrogen) atoms. The van der Waals surface area contributed by atoms with E-state index in [9.17, 15) is 0 Å². The van der Waals surface area contributed by atoms with E-state index in [1.165, 1.54) is 0 Å². The molecule has 108 valence electrons. The molecular formula is C15H22N4O. The first-order valence-corrected chi connectivity index (χ1v) is 7.34. The van der Waals surface area contributed by atoms with Crippen LogP contribution in [0.1, 0.15) is 13.3 Å². The number of anilines is 1. The highest BCUT2D eigenvalue weighted by Crippen LogP contribution is 2.22. The molecule has 1 aromatic heterocycles. The number of benzene rings is 1. The lowest BCUT2D eigenvalue weighted by atomic mass is 10.2. The van der Waals surface area contributed by atoms with Crippen LogP contribution in [0.5, 0.6) is 0 Å². The summed E-state index contributed by atoms with van der Waals surface area (Å²) in [5, 5.41) is 0. The zero-order valence-electron chi connectivity index (χ0n) is 12.0. The second-order valence-corrected chi connectivity index (χ2v) is 5.42. The largest absolute Gasteiger partial charge is 0.423 e. The number of hydrogen-bond donors (Lipinski definition) is 1. The molecule has 1 fully saturated rings. The van der Waals surface area contributed by atoms with E-state index in [-0.39, 0.29) is 6.04 Å². The molecule has 1 aromatic carbocycles. The summed E-state index contributed by atoms with van der Waals surface area (Å²) in [5.74, 6) is 0. The molecule has 1 saturated heterocycles. The zero-order valence-corrected chi connectivity index (χ0v) is 12.0. The molecule has 1 aliphatic rings. The first-order valence-electron chi connectivity index (χ1n) is 7.34. The number of rotatable bonds is 4. The highest BCUT2D eigenvalue weighted by Gasteiger charge is 2.21. The number of nitrogens with zero attached hydrogens (tertiary/aromatic N) is 3. The summed E-state index contributed by atoms with van der Waals surface area (Å²) in [7, 11) is 0. The molecule has 0 spiro atoms. The molecule has 1 aliphatic heterocycles.